The summed E-state index contributed by atoms with van der Waals surface area (Å²) in [7, 11) is 1.39. The maximum Gasteiger partial charge on any atom is 0.236 e. The van der Waals surface area contributed by atoms with E-state index >= 15 is 0 Å². The van der Waals surface area contributed by atoms with Crippen LogP contribution in [0.15, 0.2) is 36.4 Å². The summed E-state index contributed by atoms with van der Waals surface area (Å²) in [6, 6.07) is 9.65. The van der Waals surface area contributed by atoms with Crippen molar-refractivity contribution in [2.75, 3.05) is 34.6 Å². The highest BCUT2D eigenvalue weighted by Gasteiger charge is 2.46. The molecule has 192 valence electrons. The molecule has 0 fully saturated rings. The van der Waals surface area contributed by atoms with E-state index in [1.807, 2.05) is 6.92 Å². The Morgan fingerprint density at radius 2 is 1.14 bits per heavy atom. The predicted octanol–water partition coefficient (Wildman–Crippen LogP) is 6.53. The molecule has 0 radical (unpaired) electrons. The second-order valence-corrected chi connectivity index (χ2v) is 12.1. The summed E-state index contributed by atoms with van der Waals surface area (Å²) in [5.41, 5.74) is -1.66. The largest absolute Gasteiger partial charge is 0.496 e. The molecule has 0 saturated heterocycles. The van der Waals surface area contributed by atoms with Crippen LogP contribution >= 0.6 is 7.14 Å². The third-order valence-corrected chi connectivity index (χ3v) is 9.26. The number of hydrogen-bond acceptors (Lipinski definition) is 7. The minimum absolute atomic E-state index is 0.00926. The second-order valence-electron chi connectivity index (χ2n) is 9.43. The summed E-state index contributed by atoms with van der Waals surface area (Å²) in [6.45, 7) is 8.24. The molecule has 0 aliphatic heterocycles. The molecule has 0 aliphatic carbocycles. The molecule has 8 heteroatoms. The summed E-state index contributed by atoms with van der Waals surface area (Å²) < 4.78 is 36.3. The molecule has 0 aliphatic rings. The fourth-order valence-corrected chi connectivity index (χ4v) is 7.02. The Labute approximate surface area is 208 Å². The molecule has 35 heavy (non-hydrogen) atoms. The standard InChI is InChI=1S/C27H37O7P/c1-9-27(3,4)16-18(2)17-35(30,25(28)23-19(31-5)12-10-13-20(23)32-6)26(29)24-21(33-7)14-11-15-22(24)34-8/h10-15,18H,9,16-17H2,1-8H3. The zero-order chi connectivity index (χ0) is 26.4. The summed E-state index contributed by atoms with van der Waals surface area (Å²) in [4.78, 5) is 28.2. The normalized spacial score (nSPS) is 12.6. The molecule has 2 aromatic rings. The van der Waals surface area contributed by atoms with Crippen LogP contribution in [0.4, 0.5) is 0 Å². The number of rotatable bonds is 13. The van der Waals surface area contributed by atoms with Gasteiger partial charge >= 0.3 is 0 Å². The Kier molecular flexibility index (Phi) is 9.56. The monoisotopic (exact) mass is 504 g/mol. The smallest absolute Gasteiger partial charge is 0.236 e. The van der Waals surface area contributed by atoms with Crippen molar-refractivity contribution in [3.05, 3.63) is 47.5 Å². The van der Waals surface area contributed by atoms with E-state index in [0.717, 1.165) is 6.42 Å². The van der Waals surface area contributed by atoms with Crippen LogP contribution in [0.2, 0.25) is 0 Å². The average molecular weight is 505 g/mol. The summed E-state index contributed by atoms with van der Waals surface area (Å²) >= 11 is 0. The van der Waals surface area contributed by atoms with Gasteiger partial charge in [0.1, 0.15) is 34.1 Å². The fourth-order valence-electron chi connectivity index (χ4n) is 4.33. The van der Waals surface area contributed by atoms with Crippen molar-refractivity contribution in [1.82, 2.24) is 0 Å². The van der Waals surface area contributed by atoms with Crippen LogP contribution in [0.5, 0.6) is 23.0 Å². The molecule has 0 spiro atoms. The minimum atomic E-state index is -4.26. The van der Waals surface area contributed by atoms with Crippen molar-refractivity contribution in [2.45, 2.75) is 40.5 Å². The zero-order valence-corrected chi connectivity index (χ0v) is 22.9. The maximum atomic E-state index is 14.7. The number of carbonyl (C=O) groups excluding carboxylic acids is 2. The molecule has 2 rings (SSSR count). The molecule has 0 heterocycles. The van der Waals surface area contributed by atoms with Gasteiger partial charge in [-0.25, -0.2) is 0 Å². The van der Waals surface area contributed by atoms with Gasteiger partial charge in [0.25, 0.3) is 0 Å². The number of hydrogen-bond donors (Lipinski definition) is 0. The van der Waals surface area contributed by atoms with Crippen molar-refractivity contribution in [3.8, 4) is 23.0 Å². The lowest BCUT2D eigenvalue weighted by Gasteiger charge is -2.29. The summed E-state index contributed by atoms with van der Waals surface area (Å²) in [5.74, 6) is 0.587. The van der Waals surface area contributed by atoms with Crippen LogP contribution in [-0.2, 0) is 4.57 Å². The lowest BCUT2D eigenvalue weighted by molar-refractivity contribution is 0.103. The summed E-state index contributed by atoms with van der Waals surface area (Å²) in [6.07, 6.45) is 1.50. The van der Waals surface area contributed by atoms with Crippen molar-refractivity contribution in [1.29, 1.82) is 0 Å². The van der Waals surface area contributed by atoms with E-state index in [1.54, 1.807) is 36.4 Å². The molecule has 0 amide bonds. The second kappa shape index (κ2) is 11.8. The molecule has 2 aromatic carbocycles. The Morgan fingerprint density at radius 1 is 0.800 bits per heavy atom. The van der Waals surface area contributed by atoms with Crippen LogP contribution < -0.4 is 18.9 Å². The lowest BCUT2D eigenvalue weighted by atomic mass is 9.82. The Hall–Kier alpha value is -2.79. The van der Waals surface area contributed by atoms with E-state index in [-0.39, 0.29) is 51.6 Å². The van der Waals surface area contributed by atoms with E-state index in [4.69, 9.17) is 18.9 Å². The molecule has 1 atom stereocenters. The van der Waals surface area contributed by atoms with Gasteiger partial charge < -0.3 is 23.5 Å². The first kappa shape index (κ1) is 28.4. The highest BCUT2D eigenvalue weighted by molar-refractivity contribution is 7.95. The number of methoxy groups -OCH3 is 4. The quantitative estimate of drug-likeness (QED) is 0.287. The van der Waals surface area contributed by atoms with Gasteiger partial charge in [-0.1, -0.05) is 46.2 Å². The van der Waals surface area contributed by atoms with E-state index < -0.39 is 18.2 Å². The van der Waals surface area contributed by atoms with Gasteiger partial charge in [0.2, 0.25) is 18.2 Å². The van der Waals surface area contributed by atoms with Crippen molar-refractivity contribution in [2.24, 2.45) is 11.3 Å². The zero-order valence-electron chi connectivity index (χ0n) is 22.0. The van der Waals surface area contributed by atoms with Gasteiger partial charge in [-0.15, -0.1) is 0 Å². The Bertz CT molecular complexity index is 991. The van der Waals surface area contributed by atoms with Gasteiger partial charge in [-0.05, 0) is 42.0 Å². The first-order chi connectivity index (χ1) is 16.5. The van der Waals surface area contributed by atoms with Gasteiger partial charge in [0.15, 0.2) is 0 Å². The number of ether oxygens (including phenoxy) is 4. The van der Waals surface area contributed by atoms with Crippen LogP contribution in [0, 0.1) is 11.3 Å². The molecule has 0 aromatic heterocycles. The van der Waals surface area contributed by atoms with E-state index in [0.29, 0.717) is 6.42 Å². The highest BCUT2D eigenvalue weighted by atomic mass is 31.2. The predicted molar refractivity (Wildman–Crippen MR) is 138 cm³/mol. The summed E-state index contributed by atoms with van der Waals surface area (Å²) in [5, 5.41) is 0. The van der Waals surface area contributed by atoms with Crippen molar-refractivity contribution >= 4 is 18.2 Å². The van der Waals surface area contributed by atoms with Gasteiger partial charge in [0, 0.05) is 6.16 Å². The molecule has 7 nitrogen and oxygen atoms in total. The molecule has 0 saturated carbocycles. The van der Waals surface area contributed by atoms with E-state index in [2.05, 4.69) is 20.8 Å². The SMILES string of the molecule is CCC(C)(C)CC(C)CP(=O)(C(=O)c1c(OC)cccc1OC)C(=O)c1c(OC)cccc1OC. The Morgan fingerprint density at radius 3 is 1.43 bits per heavy atom. The van der Waals surface area contributed by atoms with E-state index in [9.17, 15) is 14.2 Å². The first-order valence-corrected chi connectivity index (χ1v) is 13.5. The van der Waals surface area contributed by atoms with Gasteiger partial charge in [0.05, 0.1) is 28.4 Å². The average Bonchev–Trinajstić information content (AvgIpc) is 2.85. The van der Waals surface area contributed by atoms with E-state index in [1.165, 1.54) is 28.4 Å². The third-order valence-electron chi connectivity index (χ3n) is 6.37. The van der Waals surface area contributed by atoms with Crippen LogP contribution in [0.3, 0.4) is 0 Å². The highest BCUT2D eigenvalue weighted by Crippen LogP contribution is 2.58. The molecular weight excluding hydrogens is 467 g/mol. The lowest BCUT2D eigenvalue weighted by Crippen LogP contribution is -2.22. The maximum absolute atomic E-state index is 14.7. The fraction of sp³-hybridized carbons (Fsp3) is 0.481. The molecular formula is C27H37O7P. The molecule has 0 N–H and O–H groups in total. The van der Waals surface area contributed by atoms with Crippen molar-refractivity contribution < 1.29 is 33.1 Å². The molecule has 1 unspecified atom stereocenters. The number of benzene rings is 2. The minimum Gasteiger partial charge on any atom is -0.496 e. The molecule has 0 bridgehead atoms. The Balaban J connectivity index is 2.76. The van der Waals surface area contributed by atoms with Gasteiger partial charge in [-0.3, -0.25) is 9.59 Å². The third kappa shape index (κ3) is 6.07. The van der Waals surface area contributed by atoms with Crippen molar-refractivity contribution in [3.63, 3.8) is 0 Å². The van der Waals surface area contributed by atoms with Crippen LogP contribution in [0.1, 0.15) is 61.3 Å². The van der Waals surface area contributed by atoms with Crippen LogP contribution in [-0.4, -0.2) is 45.6 Å². The number of carbonyl (C=O) groups is 2. The topological polar surface area (TPSA) is 88.1 Å². The first-order valence-electron chi connectivity index (χ1n) is 11.6. The van der Waals surface area contributed by atoms with Gasteiger partial charge in [-0.2, -0.15) is 0 Å². The van der Waals surface area contributed by atoms with Crippen LogP contribution in [0.25, 0.3) is 0 Å².